The first-order chi connectivity index (χ1) is 15.0. The van der Waals surface area contributed by atoms with Crippen molar-refractivity contribution in [2.24, 2.45) is 0 Å². The zero-order chi connectivity index (χ0) is 21.8. The molecule has 0 unspecified atom stereocenters. The van der Waals surface area contributed by atoms with E-state index in [2.05, 4.69) is 11.6 Å². The number of rotatable bonds is 8. The molecule has 4 aromatic rings. The van der Waals surface area contributed by atoms with Gasteiger partial charge in [-0.3, -0.25) is 4.98 Å². The van der Waals surface area contributed by atoms with Crippen molar-refractivity contribution in [2.75, 3.05) is 6.54 Å². The molecule has 0 bridgehead atoms. The van der Waals surface area contributed by atoms with E-state index in [1.165, 1.54) is 4.31 Å². The van der Waals surface area contributed by atoms with Crippen LogP contribution in [-0.4, -0.2) is 28.8 Å². The Balaban J connectivity index is 1.67. The lowest BCUT2D eigenvalue weighted by atomic mass is 10.2. The average Bonchev–Trinajstić information content (AvgIpc) is 3.19. The summed E-state index contributed by atoms with van der Waals surface area (Å²) in [6, 6.07) is 20.3. The van der Waals surface area contributed by atoms with E-state index in [9.17, 15) is 8.42 Å². The van der Waals surface area contributed by atoms with Crippen LogP contribution in [0.1, 0.15) is 11.3 Å². The molecule has 0 saturated carbocycles. The number of hydrogen-bond donors (Lipinski definition) is 0. The maximum atomic E-state index is 13.6. The minimum absolute atomic E-state index is 0.188. The highest BCUT2D eigenvalue weighted by Crippen LogP contribution is 2.25. The van der Waals surface area contributed by atoms with Crippen LogP contribution in [0.3, 0.4) is 0 Å². The molecule has 0 saturated heterocycles. The van der Waals surface area contributed by atoms with E-state index in [0.717, 1.165) is 16.6 Å². The van der Waals surface area contributed by atoms with Crippen molar-refractivity contribution >= 4 is 32.5 Å². The van der Waals surface area contributed by atoms with E-state index in [-0.39, 0.29) is 18.0 Å². The molecule has 0 atom stereocenters. The molecule has 0 aliphatic carbocycles. The molecule has 0 N–H and O–H groups in total. The van der Waals surface area contributed by atoms with Gasteiger partial charge in [0.25, 0.3) is 0 Å². The molecule has 5 nitrogen and oxygen atoms in total. The summed E-state index contributed by atoms with van der Waals surface area (Å²) in [4.78, 5) is 4.51. The lowest BCUT2D eigenvalue weighted by molar-refractivity contribution is 0.427. The summed E-state index contributed by atoms with van der Waals surface area (Å²) in [6.45, 7) is 4.76. The lowest BCUT2D eigenvalue weighted by Gasteiger charge is -2.22. The molecular formula is C24H22ClN3O2S. The number of aromatic nitrogens is 2. The Morgan fingerprint density at radius 1 is 1.06 bits per heavy atom. The highest BCUT2D eigenvalue weighted by atomic mass is 35.5. The SMILES string of the molecule is C=CCN(Cc1cccn1Cc1cccc(Cl)c1)S(=O)(=O)c1cccc2cccnc12. The van der Waals surface area contributed by atoms with Gasteiger partial charge in [0.15, 0.2) is 0 Å². The third-order valence-electron chi connectivity index (χ3n) is 5.05. The van der Waals surface area contributed by atoms with Crippen LogP contribution in [0.2, 0.25) is 5.02 Å². The molecule has 4 rings (SSSR count). The minimum atomic E-state index is -3.80. The maximum absolute atomic E-state index is 13.6. The molecule has 158 valence electrons. The van der Waals surface area contributed by atoms with Gasteiger partial charge in [0, 0.05) is 41.6 Å². The Hall–Kier alpha value is -2.93. The molecule has 31 heavy (non-hydrogen) atoms. The van der Waals surface area contributed by atoms with Crippen LogP contribution in [0.5, 0.6) is 0 Å². The van der Waals surface area contributed by atoms with Crippen molar-refractivity contribution in [1.29, 1.82) is 0 Å². The molecule has 0 radical (unpaired) electrons. The van der Waals surface area contributed by atoms with Crippen LogP contribution < -0.4 is 0 Å². The van der Waals surface area contributed by atoms with Crippen LogP contribution >= 0.6 is 11.6 Å². The molecule has 2 aromatic heterocycles. The van der Waals surface area contributed by atoms with Gasteiger partial charge in [0.2, 0.25) is 10.0 Å². The molecule has 0 spiro atoms. The topological polar surface area (TPSA) is 55.2 Å². The fraction of sp³-hybridized carbons (Fsp3) is 0.125. The Kier molecular flexibility index (Phi) is 6.23. The van der Waals surface area contributed by atoms with Gasteiger partial charge in [0.05, 0.1) is 12.1 Å². The van der Waals surface area contributed by atoms with Crippen LogP contribution in [0.15, 0.2) is 96.7 Å². The predicted molar refractivity (Wildman–Crippen MR) is 125 cm³/mol. The quantitative estimate of drug-likeness (QED) is 0.349. The zero-order valence-corrected chi connectivity index (χ0v) is 18.4. The number of halogens is 1. The highest BCUT2D eigenvalue weighted by Gasteiger charge is 2.27. The van der Waals surface area contributed by atoms with Gasteiger partial charge in [-0.05, 0) is 42.0 Å². The first-order valence-electron chi connectivity index (χ1n) is 9.82. The second-order valence-electron chi connectivity index (χ2n) is 7.17. The van der Waals surface area contributed by atoms with E-state index < -0.39 is 10.0 Å². The van der Waals surface area contributed by atoms with Crippen LogP contribution in [0, 0.1) is 0 Å². The second kappa shape index (κ2) is 9.06. The summed E-state index contributed by atoms with van der Waals surface area (Å²) in [7, 11) is -3.80. The normalized spacial score (nSPS) is 11.8. The number of fused-ring (bicyclic) bond motifs is 1. The average molecular weight is 452 g/mol. The highest BCUT2D eigenvalue weighted by molar-refractivity contribution is 7.89. The van der Waals surface area contributed by atoms with E-state index in [1.807, 2.05) is 59.3 Å². The fourth-order valence-electron chi connectivity index (χ4n) is 3.58. The number of nitrogens with zero attached hydrogens (tertiary/aromatic N) is 3. The standard InChI is InChI=1S/C24H22ClN3O2S/c1-2-14-28(31(29,30)23-12-4-8-20-9-5-13-26-24(20)23)18-22-11-6-15-27(22)17-19-7-3-10-21(25)16-19/h2-13,15-16H,1,14,17-18H2. The van der Waals surface area contributed by atoms with Crippen molar-refractivity contribution in [3.63, 3.8) is 0 Å². The molecule has 2 aromatic carbocycles. The molecule has 7 heteroatoms. The van der Waals surface area contributed by atoms with Gasteiger partial charge in [-0.2, -0.15) is 4.31 Å². The summed E-state index contributed by atoms with van der Waals surface area (Å²) in [5.74, 6) is 0. The molecule has 0 fully saturated rings. The monoisotopic (exact) mass is 451 g/mol. The van der Waals surface area contributed by atoms with Gasteiger partial charge in [-0.15, -0.1) is 6.58 Å². The lowest BCUT2D eigenvalue weighted by Crippen LogP contribution is -2.32. The first kappa shape index (κ1) is 21.3. The largest absolute Gasteiger partial charge is 0.346 e. The van der Waals surface area contributed by atoms with Gasteiger partial charge >= 0.3 is 0 Å². The second-order valence-corrected chi connectivity index (χ2v) is 9.52. The summed E-state index contributed by atoms with van der Waals surface area (Å²) >= 11 is 6.11. The van der Waals surface area contributed by atoms with E-state index >= 15 is 0 Å². The Labute approximate surface area is 187 Å². The van der Waals surface area contributed by atoms with E-state index in [0.29, 0.717) is 17.1 Å². The van der Waals surface area contributed by atoms with Gasteiger partial charge < -0.3 is 4.57 Å². The van der Waals surface area contributed by atoms with Gasteiger partial charge in [-0.25, -0.2) is 8.42 Å². The Morgan fingerprint density at radius 2 is 1.87 bits per heavy atom. The van der Waals surface area contributed by atoms with E-state index in [4.69, 9.17) is 11.6 Å². The molecule has 2 heterocycles. The van der Waals surface area contributed by atoms with E-state index in [1.54, 1.807) is 30.5 Å². The van der Waals surface area contributed by atoms with Crippen LogP contribution in [0.4, 0.5) is 0 Å². The zero-order valence-electron chi connectivity index (χ0n) is 16.9. The predicted octanol–water partition coefficient (Wildman–Crippen LogP) is 5.11. The van der Waals surface area contributed by atoms with Crippen molar-refractivity contribution in [2.45, 2.75) is 18.0 Å². The molecule has 0 aliphatic rings. The Bertz CT molecular complexity index is 1330. The summed E-state index contributed by atoms with van der Waals surface area (Å²) in [5, 5.41) is 1.46. The number of sulfonamides is 1. The Morgan fingerprint density at radius 3 is 2.68 bits per heavy atom. The smallest absolute Gasteiger partial charge is 0.245 e. The van der Waals surface area contributed by atoms with Crippen LogP contribution in [0.25, 0.3) is 10.9 Å². The van der Waals surface area contributed by atoms with Crippen molar-refractivity contribution in [3.8, 4) is 0 Å². The number of hydrogen-bond acceptors (Lipinski definition) is 3. The third kappa shape index (κ3) is 4.56. The number of pyridine rings is 1. The minimum Gasteiger partial charge on any atom is -0.346 e. The summed E-state index contributed by atoms with van der Waals surface area (Å²) < 4.78 is 30.6. The van der Waals surface area contributed by atoms with Crippen LogP contribution in [-0.2, 0) is 23.1 Å². The third-order valence-corrected chi connectivity index (χ3v) is 7.13. The van der Waals surface area contributed by atoms with Gasteiger partial charge in [-0.1, -0.05) is 48.0 Å². The number of para-hydroxylation sites is 1. The first-order valence-corrected chi connectivity index (χ1v) is 11.6. The van der Waals surface area contributed by atoms with Crippen molar-refractivity contribution in [1.82, 2.24) is 13.9 Å². The molecule has 0 aliphatic heterocycles. The summed E-state index contributed by atoms with van der Waals surface area (Å²) in [5.41, 5.74) is 2.38. The fourth-order valence-corrected chi connectivity index (χ4v) is 5.34. The number of benzene rings is 2. The molecule has 0 amide bonds. The molecular weight excluding hydrogens is 430 g/mol. The van der Waals surface area contributed by atoms with Crippen molar-refractivity contribution < 1.29 is 8.42 Å². The maximum Gasteiger partial charge on any atom is 0.245 e. The summed E-state index contributed by atoms with van der Waals surface area (Å²) in [6.07, 6.45) is 5.14. The van der Waals surface area contributed by atoms with Crippen molar-refractivity contribution in [3.05, 3.63) is 108 Å². The van der Waals surface area contributed by atoms with Gasteiger partial charge in [0.1, 0.15) is 4.90 Å².